The fraction of sp³-hybridized carbons (Fsp3) is 0.500. The molecule has 1 fully saturated rings. The molecule has 0 saturated carbocycles. The maximum absolute atomic E-state index is 12.5. The average Bonchev–Trinajstić information content (AvgIpc) is 2.91. The van der Waals surface area contributed by atoms with Crippen molar-refractivity contribution in [2.24, 2.45) is 0 Å². The molecule has 0 spiro atoms. The van der Waals surface area contributed by atoms with E-state index in [1.165, 1.54) is 16.4 Å². The summed E-state index contributed by atoms with van der Waals surface area (Å²) in [7, 11) is -1.96. The molecular weight excluding hydrogens is 309 g/mol. The Hall–Kier alpha value is -0.330. The lowest BCUT2D eigenvalue weighted by Gasteiger charge is -2.22. The van der Waals surface area contributed by atoms with Crippen LogP contribution in [-0.4, -0.2) is 39.0 Å². The smallest absolute Gasteiger partial charge is 0.243 e. The molecule has 1 aliphatic rings. The molecule has 7 heteroatoms. The molecule has 1 aromatic carbocycles. The van der Waals surface area contributed by atoms with Gasteiger partial charge in [-0.25, -0.2) is 8.42 Å². The molecule has 1 atom stereocenters. The molecular formula is C12H15Cl2NO3S. The van der Waals surface area contributed by atoms with Crippen LogP contribution in [0.25, 0.3) is 0 Å². The van der Waals surface area contributed by atoms with E-state index in [-0.39, 0.29) is 16.8 Å². The van der Waals surface area contributed by atoms with Gasteiger partial charge in [-0.1, -0.05) is 11.6 Å². The number of sulfonamides is 1. The Labute approximate surface area is 123 Å². The predicted molar refractivity (Wildman–Crippen MR) is 75.2 cm³/mol. The number of benzene rings is 1. The monoisotopic (exact) mass is 323 g/mol. The minimum atomic E-state index is -3.54. The van der Waals surface area contributed by atoms with Gasteiger partial charge < -0.3 is 4.74 Å². The molecule has 0 N–H and O–H groups in total. The van der Waals surface area contributed by atoms with Gasteiger partial charge in [-0.15, -0.1) is 11.6 Å². The third-order valence-electron chi connectivity index (χ3n) is 3.26. The SMILES string of the molecule is CN(C1CCOC1)S(=O)(=O)c1ccc(Cl)c(CCl)c1. The van der Waals surface area contributed by atoms with Crippen molar-refractivity contribution in [1.82, 2.24) is 4.31 Å². The molecule has 4 nitrogen and oxygen atoms in total. The molecule has 1 aromatic rings. The van der Waals surface area contributed by atoms with Gasteiger partial charge in [-0.3, -0.25) is 0 Å². The molecule has 1 aliphatic heterocycles. The zero-order valence-electron chi connectivity index (χ0n) is 10.5. The number of alkyl halides is 1. The van der Waals surface area contributed by atoms with E-state index in [1.807, 2.05) is 0 Å². The molecule has 106 valence electrons. The van der Waals surface area contributed by atoms with E-state index in [2.05, 4.69) is 0 Å². The van der Waals surface area contributed by atoms with Gasteiger partial charge in [-0.2, -0.15) is 4.31 Å². The summed E-state index contributed by atoms with van der Waals surface area (Å²) in [6.45, 7) is 1.03. The fourth-order valence-electron chi connectivity index (χ4n) is 1.99. The summed E-state index contributed by atoms with van der Waals surface area (Å²) in [6.07, 6.45) is 0.714. The predicted octanol–water partition coefficient (Wildman–Crippen LogP) is 2.49. The second kappa shape index (κ2) is 5.97. The number of hydrogen-bond acceptors (Lipinski definition) is 3. The van der Waals surface area contributed by atoms with E-state index in [9.17, 15) is 8.42 Å². The summed E-state index contributed by atoms with van der Waals surface area (Å²) in [5, 5.41) is 0.473. The third-order valence-corrected chi connectivity index (χ3v) is 5.82. The Bertz CT molecular complexity index is 556. The minimum Gasteiger partial charge on any atom is -0.380 e. The maximum atomic E-state index is 12.5. The van der Waals surface area contributed by atoms with Gasteiger partial charge in [0.2, 0.25) is 10.0 Å². The lowest BCUT2D eigenvalue weighted by atomic mass is 10.2. The maximum Gasteiger partial charge on any atom is 0.243 e. The van der Waals surface area contributed by atoms with Gasteiger partial charge in [-0.05, 0) is 30.2 Å². The Kier molecular flexibility index (Phi) is 4.74. The first-order valence-electron chi connectivity index (χ1n) is 5.87. The Balaban J connectivity index is 2.33. The summed E-state index contributed by atoms with van der Waals surface area (Å²) < 4.78 is 31.6. The van der Waals surface area contributed by atoms with Gasteiger partial charge in [0.15, 0.2) is 0 Å². The van der Waals surface area contributed by atoms with Crippen molar-refractivity contribution in [2.75, 3.05) is 20.3 Å². The number of hydrogen-bond donors (Lipinski definition) is 0. The van der Waals surface area contributed by atoms with E-state index in [0.29, 0.717) is 30.2 Å². The zero-order valence-corrected chi connectivity index (χ0v) is 12.8. The zero-order chi connectivity index (χ0) is 14.0. The molecule has 0 radical (unpaired) electrons. The Morgan fingerprint density at radius 1 is 1.47 bits per heavy atom. The molecule has 0 aromatic heterocycles. The molecule has 0 amide bonds. The number of rotatable bonds is 4. The van der Waals surface area contributed by atoms with Crippen LogP contribution in [0.5, 0.6) is 0 Å². The van der Waals surface area contributed by atoms with Crippen LogP contribution >= 0.6 is 23.2 Å². The number of halogens is 2. The highest BCUT2D eigenvalue weighted by atomic mass is 35.5. The first-order chi connectivity index (χ1) is 8.96. The number of ether oxygens (including phenoxy) is 1. The molecule has 1 unspecified atom stereocenters. The third kappa shape index (κ3) is 3.06. The van der Waals surface area contributed by atoms with Crippen LogP contribution in [0.15, 0.2) is 23.1 Å². The van der Waals surface area contributed by atoms with Crippen LogP contribution in [0.1, 0.15) is 12.0 Å². The van der Waals surface area contributed by atoms with Crippen molar-refractivity contribution in [3.63, 3.8) is 0 Å². The van der Waals surface area contributed by atoms with E-state index in [4.69, 9.17) is 27.9 Å². The van der Waals surface area contributed by atoms with E-state index >= 15 is 0 Å². The second-order valence-electron chi connectivity index (χ2n) is 4.43. The fourth-order valence-corrected chi connectivity index (χ4v) is 3.88. The molecule has 0 aliphatic carbocycles. The highest BCUT2D eigenvalue weighted by Gasteiger charge is 2.30. The first-order valence-corrected chi connectivity index (χ1v) is 8.22. The highest BCUT2D eigenvalue weighted by molar-refractivity contribution is 7.89. The van der Waals surface area contributed by atoms with Crippen LogP contribution < -0.4 is 0 Å². The van der Waals surface area contributed by atoms with Gasteiger partial charge in [0, 0.05) is 24.6 Å². The highest BCUT2D eigenvalue weighted by Crippen LogP contribution is 2.25. The standard InChI is InChI=1S/C12H15Cl2NO3S/c1-15(10-4-5-18-8-10)19(16,17)11-2-3-12(14)9(6-11)7-13/h2-3,6,10H,4-5,7-8H2,1H3. The van der Waals surface area contributed by atoms with Crippen LogP contribution in [0.4, 0.5) is 0 Å². The lowest BCUT2D eigenvalue weighted by Crippen LogP contribution is -2.37. The van der Waals surface area contributed by atoms with E-state index in [1.54, 1.807) is 13.1 Å². The minimum absolute atomic E-state index is 0.111. The molecule has 1 heterocycles. The lowest BCUT2D eigenvalue weighted by molar-refractivity contribution is 0.181. The van der Waals surface area contributed by atoms with Crippen LogP contribution in [0, 0.1) is 0 Å². The normalized spacial score (nSPS) is 20.1. The van der Waals surface area contributed by atoms with Gasteiger partial charge in [0.1, 0.15) is 0 Å². The summed E-state index contributed by atoms with van der Waals surface area (Å²) in [5.74, 6) is 0.179. The molecule has 0 bridgehead atoms. The van der Waals surface area contributed by atoms with Crippen LogP contribution in [0.3, 0.4) is 0 Å². The van der Waals surface area contributed by atoms with Crippen molar-refractivity contribution >= 4 is 33.2 Å². The quantitative estimate of drug-likeness (QED) is 0.800. The van der Waals surface area contributed by atoms with Gasteiger partial charge in [0.25, 0.3) is 0 Å². The Morgan fingerprint density at radius 2 is 2.21 bits per heavy atom. The summed E-state index contributed by atoms with van der Waals surface area (Å²) >= 11 is 11.7. The summed E-state index contributed by atoms with van der Waals surface area (Å²) in [6, 6.07) is 4.47. The first kappa shape index (κ1) is 15.1. The second-order valence-corrected chi connectivity index (χ2v) is 7.10. The topological polar surface area (TPSA) is 46.6 Å². The molecule has 2 rings (SSSR count). The van der Waals surface area contributed by atoms with Crippen LogP contribution in [0.2, 0.25) is 5.02 Å². The largest absolute Gasteiger partial charge is 0.380 e. The van der Waals surface area contributed by atoms with Crippen molar-refractivity contribution in [3.8, 4) is 0 Å². The van der Waals surface area contributed by atoms with Crippen molar-refractivity contribution < 1.29 is 13.2 Å². The van der Waals surface area contributed by atoms with E-state index < -0.39 is 10.0 Å². The van der Waals surface area contributed by atoms with Gasteiger partial charge >= 0.3 is 0 Å². The summed E-state index contributed by atoms with van der Waals surface area (Å²) in [4.78, 5) is 0.210. The number of nitrogens with zero attached hydrogens (tertiary/aromatic N) is 1. The van der Waals surface area contributed by atoms with Crippen molar-refractivity contribution in [1.29, 1.82) is 0 Å². The van der Waals surface area contributed by atoms with Crippen molar-refractivity contribution in [3.05, 3.63) is 28.8 Å². The summed E-state index contributed by atoms with van der Waals surface area (Å²) in [5.41, 5.74) is 0.612. The van der Waals surface area contributed by atoms with Crippen LogP contribution in [-0.2, 0) is 20.6 Å². The Morgan fingerprint density at radius 3 is 2.79 bits per heavy atom. The molecule has 19 heavy (non-hydrogen) atoms. The average molecular weight is 324 g/mol. The molecule has 1 saturated heterocycles. The van der Waals surface area contributed by atoms with Gasteiger partial charge in [0.05, 0.1) is 17.5 Å². The number of likely N-dealkylation sites (N-methyl/N-ethyl adjacent to an activating group) is 1. The van der Waals surface area contributed by atoms with Crippen molar-refractivity contribution in [2.45, 2.75) is 23.2 Å². The van der Waals surface area contributed by atoms with E-state index in [0.717, 1.165) is 0 Å².